The Morgan fingerprint density at radius 1 is 0.766 bits per heavy atom. The van der Waals surface area contributed by atoms with Crippen molar-refractivity contribution in [1.82, 2.24) is 35.0 Å². The number of halogens is 1. The minimum Gasteiger partial charge on any atom is -0.492 e. The molecule has 234 valence electrons. The van der Waals surface area contributed by atoms with Crippen LogP contribution in [0, 0.1) is 5.82 Å². The van der Waals surface area contributed by atoms with Crippen LogP contribution in [0.15, 0.2) is 97.7 Å². The van der Waals surface area contributed by atoms with Crippen LogP contribution in [0.25, 0.3) is 55.6 Å². The highest BCUT2D eigenvalue weighted by atomic mass is 19.1. The van der Waals surface area contributed by atoms with Crippen LogP contribution in [0.3, 0.4) is 0 Å². The number of H-pyrrole nitrogens is 2. The molecule has 0 amide bonds. The predicted molar refractivity (Wildman–Crippen MR) is 180 cm³/mol. The minimum atomic E-state index is -0.353. The van der Waals surface area contributed by atoms with E-state index >= 15 is 0 Å². The van der Waals surface area contributed by atoms with E-state index in [-0.39, 0.29) is 5.82 Å². The maximum absolute atomic E-state index is 14.8. The van der Waals surface area contributed by atoms with E-state index in [2.05, 4.69) is 35.0 Å². The van der Waals surface area contributed by atoms with Crippen molar-refractivity contribution in [1.29, 1.82) is 0 Å². The zero-order valence-electron chi connectivity index (χ0n) is 25.6. The van der Waals surface area contributed by atoms with Gasteiger partial charge in [-0.3, -0.25) is 25.0 Å². The molecule has 1 fully saturated rings. The van der Waals surface area contributed by atoms with Crippen molar-refractivity contribution >= 4 is 21.8 Å². The number of aromatic amines is 2. The molecule has 0 unspecified atom stereocenters. The van der Waals surface area contributed by atoms with Crippen molar-refractivity contribution in [2.45, 2.75) is 19.4 Å². The van der Waals surface area contributed by atoms with Gasteiger partial charge >= 0.3 is 0 Å². The first kappa shape index (κ1) is 28.8. The van der Waals surface area contributed by atoms with Gasteiger partial charge in [0.05, 0.1) is 41.0 Å². The molecule has 10 heteroatoms. The van der Waals surface area contributed by atoms with Crippen molar-refractivity contribution in [3.8, 4) is 45.3 Å². The van der Waals surface area contributed by atoms with E-state index in [9.17, 15) is 4.39 Å². The van der Waals surface area contributed by atoms with Crippen LogP contribution in [-0.4, -0.2) is 61.3 Å². The second-order valence-electron chi connectivity index (χ2n) is 11.8. The maximum atomic E-state index is 14.8. The number of rotatable bonds is 10. The Morgan fingerprint density at radius 2 is 1.62 bits per heavy atom. The molecule has 8 rings (SSSR count). The van der Waals surface area contributed by atoms with Crippen LogP contribution < -0.4 is 9.47 Å². The van der Waals surface area contributed by atoms with Gasteiger partial charge in [0.25, 0.3) is 0 Å². The summed E-state index contributed by atoms with van der Waals surface area (Å²) in [4.78, 5) is 19.4. The van der Waals surface area contributed by atoms with Gasteiger partial charge in [-0.25, -0.2) is 4.39 Å². The maximum Gasteiger partial charge on any atom is 0.138 e. The van der Waals surface area contributed by atoms with Crippen LogP contribution in [0.5, 0.6) is 11.5 Å². The summed E-state index contributed by atoms with van der Waals surface area (Å²) < 4.78 is 26.8. The Bertz CT molecular complexity index is 2170. The highest BCUT2D eigenvalue weighted by molar-refractivity contribution is 6.01. The SMILES string of the molecule is Fc1cc(OCCN2CCCC2)cc(-c2cncc3[nH]c(-c4n[nH]c5cnc(-c6cncc(OCc7ccccc7)c6)cc45)cc23)c1. The summed E-state index contributed by atoms with van der Waals surface area (Å²) in [6, 6.07) is 20.8. The van der Waals surface area contributed by atoms with Gasteiger partial charge in [0.2, 0.25) is 0 Å². The van der Waals surface area contributed by atoms with E-state index in [1.54, 1.807) is 31.0 Å². The minimum absolute atomic E-state index is 0.353. The average Bonchev–Trinajstić information content (AvgIpc) is 3.87. The van der Waals surface area contributed by atoms with E-state index in [0.29, 0.717) is 30.3 Å². The van der Waals surface area contributed by atoms with Crippen molar-refractivity contribution in [2.75, 3.05) is 26.2 Å². The first-order chi connectivity index (χ1) is 23.2. The van der Waals surface area contributed by atoms with Crippen LogP contribution in [0.4, 0.5) is 4.39 Å². The normalized spacial score (nSPS) is 13.5. The van der Waals surface area contributed by atoms with Crippen molar-refractivity contribution in [2.24, 2.45) is 0 Å². The number of pyridine rings is 3. The van der Waals surface area contributed by atoms with E-state index in [4.69, 9.17) is 9.47 Å². The van der Waals surface area contributed by atoms with Gasteiger partial charge in [-0.05, 0) is 67.4 Å². The zero-order chi connectivity index (χ0) is 31.6. The van der Waals surface area contributed by atoms with Gasteiger partial charge in [0, 0.05) is 46.9 Å². The number of likely N-dealkylation sites (tertiary alicyclic amines) is 1. The highest BCUT2D eigenvalue weighted by Gasteiger charge is 2.17. The molecule has 47 heavy (non-hydrogen) atoms. The van der Waals surface area contributed by atoms with Crippen molar-refractivity contribution in [3.05, 3.63) is 109 Å². The summed E-state index contributed by atoms with van der Waals surface area (Å²) in [5.74, 6) is 0.817. The van der Waals surface area contributed by atoms with Gasteiger partial charge < -0.3 is 14.5 Å². The van der Waals surface area contributed by atoms with Gasteiger partial charge in [-0.2, -0.15) is 5.10 Å². The number of aromatic nitrogens is 6. The molecule has 1 aliphatic heterocycles. The van der Waals surface area contributed by atoms with E-state index in [1.165, 1.54) is 25.0 Å². The molecule has 0 spiro atoms. The molecule has 0 bridgehead atoms. The Kier molecular flexibility index (Phi) is 7.76. The molecular weight excluding hydrogens is 593 g/mol. The summed E-state index contributed by atoms with van der Waals surface area (Å²) in [6.07, 6.45) is 11.2. The van der Waals surface area contributed by atoms with Crippen LogP contribution in [0.2, 0.25) is 0 Å². The monoisotopic (exact) mass is 625 g/mol. The fourth-order valence-electron chi connectivity index (χ4n) is 6.17. The molecule has 0 atom stereocenters. The van der Waals surface area contributed by atoms with Gasteiger partial charge in [0.15, 0.2) is 0 Å². The van der Waals surface area contributed by atoms with E-state index < -0.39 is 0 Å². The highest BCUT2D eigenvalue weighted by Crippen LogP contribution is 2.36. The molecule has 5 aromatic heterocycles. The summed E-state index contributed by atoms with van der Waals surface area (Å²) in [5, 5.41) is 9.53. The lowest BCUT2D eigenvalue weighted by molar-refractivity contribution is 0.237. The second-order valence-corrected chi connectivity index (χ2v) is 11.8. The quantitative estimate of drug-likeness (QED) is 0.163. The molecule has 7 aromatic rings. The molecule has 6 heterocycles. The molecular formula is C37H32FN7O2. The number of hydrogen-bond acceptors (Lipinski definition) is 7. The molecule has 2 aromatic carbocycles. The van der Waals surface area contributed by atoms with Gasteiger partial charge in [-0.1, -0.05) is 30.3 Å². The Labute approximate surface area is 270 Å². The third-order valence-corrected chi connectivity index (χ3v) is 8.56. The van der Waals surface area contributed by atoms with Crippen LogP contribution in [-0.2, 0) is 6.61 Å². The third kappa shape index (κ3) is 6.15. The van der Waals surface area contributed by atoms with Crippen LogP contribution in [0.1, 0.15) is 18.4 Å². The molecule has 9 nitrogen and oxygen atoms in total. The smallest absolute Gasteiger partial charge is 0.138 e. The fraction of sp³-hybridized carbons (Fsp3) is 0.189. The lowest BCUT2D eigenvalue weighted by Crippen LogP contribution is -2.25. The summed E-state index contributed by atoms with van der Waals surface area (Å²) in [6.45, 7) is 3.99. The summed E-state index contributed by atoms with van der Waals surface area (Å²) in [7, 11) is 0. The lowest BCUT2D eigenvalue weighted by atomic mass is 10.0. The molecule has 2 N–H and O–H groups in total. The molecule has 1 saturated heterocycles. The molecule has 1 aliphatic rings. The molecule has 0 saturated carbocycles. The average molecular weight is 626 g/mol. The van der Waals surface area contributed by atoms with Gasteiger partial charge in [-0.15, -0.1) is 0 Å². The van der Waals surface area contributed by atoms with Gasteiger partial charge in [0.1, 0.15) is 36.2 Å². The molecule has 0 aliphatic carbocycles. The standard InChI is InChI=1S/C37H32FN7O2/c38-27-12-25(13-28(15-27)46-11-10-45-8-4-5-9-45)32-20-40-21-35-30(32)16-34(42-35)37-31-17-33(41-22-36(31)43-44-37)26-14-29(19-39-18-26)47-23-24-6-2-1-3-7-24/h1-3,6-7,12-22,42H,4-5,8-11,23H2,(H,43,44). The number of ether oxygens (including phenoxy) is 2. The van der Waals surface area contributed by atoms with Crippen molar-refractivity contribution < 1.29 is 13.9 Å². The van der Waals surface area contributed by atoms with Crippen LogP contribution >= 0.6 is 0 Å². The number of hydrogen-bond donors (Lipinski definition) is 2. The van der Waals surface area contributed by atoms with Crippen molar-refractivity contribution in [3.63, 3.8) is 0 Å². The summed E-state index contributed by atoms with van der Waals surface area (Å²) in [5.41, 5.74) is 7.30. The third-order valence-electron chi connectivity index (χ3n) is 8.56. The number of nitrogens with one attached hydrogen (secondary N) is 2. The predicted octanol–water partition coefficient (Wildman–Crippen LogP) is 7.42. The molecule has 0 radical (unpaired) electrons. The first-order valence-corrected chi connectivity index (χ1v) is 15.8. The zero-order valence-corrected chi connectivity index (χ0v) is 25.6. The van der Waals surface area contributed by atoms with E-state index in [1.807, 2.05) is 54.6 Å². The number of benzene rings is 2. The Hall–Kier alpha value is -5.61. The second kappa shape index (κ2) is 12.6. The summed E-state index contributed by atoms with van der Waals surface area (Å²) >= 11 is 0. The largest absolute Gasteiger partial charge is 0.492 e. The number of nitrogens with zero attached hydrogens (tertiary/aromatic N) is 5. The lowest BCUT2D eigenvalue weighted by Gasteiger charge is -2.15. The van der Waals surface area contributed by atoms with E-state index in [0.717, 1.165) is 75.2 Å². The Morgan fingerprint density at radius 3 is 2.51 bits per heavy atom. The number of fused-ring (bicyclic) bond motifs is 2. The Balaban J connectivity index is 1.08. The topological polar surface area (TPSA) is 105 Å². The fourth-order valence-corrected chi connectivity index (χ4v) is 6.17. The first-order valence-electron chi connectivity index (χ1n) is 15.8.